The van der Waals surface area contributed by atoms with Crippen LogP contribution in [0.5, 0.6) is 0 Å². The number of benzene rings is 1. The third kappa shape index (κ3) is 3.42. The normalized spacial score (nSPS) is 11.9. The van der Waals surface area contributed by atoms with Crippen LogP contribution in [0.25, 0.3) is 0 Å². The number of hydrogen-bond acceptors (Lipinski definition) is 3. The van der Waals surface area contributed by atoms with Crippen LogP contribution in [-0.2, 0) is 4.79 Å². The smallest absolute Gasteiger partial charge is 0.217 e. The highest BCUT2D eigenvalue weighted by Gasteiger charge is 2.07. The summed E-state index contributed by atoms with van der Waals surface area (Å²) in [5, 5.41) is 0. The van der Waals surface area contributed by atoms with Crippen LogP contribution >= 0.6 is 39.3 Å². The standard InChI is InChI=1S/C8H4BrClFNOS/c9-6-3-5(12-4-13)1-2-7(6)14-8(10)11/h1-3,8H. The minimum atomic E-state index is -1.49. The Kier molecular flexibility index (Phi) is 4.62. The maximum Gasteiger partial charge on any atom is 0.240 e. The fourth-order valence-corrected chi connectivity index (χ4v) is 2.25. The first-order valence-electron chi connectivity index (χ1n) is 3.45. The second-order valence-corrected chi connectivity index (χ2v) is 4.78. The maximum absolute atomic E-state index is 12.4. The number of nitrogens with zero attached hydrogens (tertiary/aromatic N) is 1. The molecule has 0 amide bonds. The molecule has 0 N–H and O–H groups in total. The van der Waals surface area contributed by atoms with Crippen molar-refractivity contribution < 1.29 is 9.18 Å². The predicted octanol–water partition coefficient (Wildman–Crippen LogP) is 4.00. The van der Waals surface area contributed by atoms with Crippen LogP contribution in [-0.4, -0.2) is 11.0 Å². The van der Waals surface area contributed by atoms with E-state index in [0.29, 0.717) is 15.1 Å². The van der Waals surface area contributed by atoms with Gasteiger partial charge in [-0.25, -0.2) is 9.18 Å². The van der Waals surface area contributed by atoms with Crippen molar-refractivity contribution in [1.29, 1.82) is 0 Å². The lowest BCUT2D eigenvalue weighted by Crippen LogP contribution is -1.81. The third-order valence-corrected chi connectivity index (χ3v) is 3.28. The Bertz CT molecular complexity index is 382. The van der Waals surface area contributed by atoms with Crippen LogP contribution in [0.15, 0.2) is 32.6 Å². The summed E-state index contributed by atoms with van der Waals surface area (Å²) in [6.07, 6.45) is 1.42. The molecule has 0 heterocycles. The highest BCUT2D eigenvalue weighted by molar-refractivity contribution is 9.10. The number of aliphatic imine (C=N–C) groups is 1. The summed E-state index contributed by atoms with van der Waals surface area (Å²) in [6.45, 7) is 0. The van der Waals surface area contributed by atoms with Crippen LogP contribution in [0, 0.1) is 0 Å². The van der Waals surface area contributed by atoms with Gasteiger partial charge in [0.2, 0.25) is 11.0 Å². The van der Waals surface area contributed by atoms with Crippen LogP contribution in [0.2, 0.25) is 0 Å². The molecule has 0 aliphatic carbocycles. The van der Waals surface area contributed by atoms with Crippen molar-refractivity contribution in [3.8, 4) is 0 Å². The monoisotopic (exact) mass is 295 g/mol. The van der Waals surface area contributed by atoms with Gasteiger partial charge in [-0.3, -0.25) is 0 Å². The molecule has 0 bridgehead atoms. The van der Waals surface area contributed by atoms with E-state index in [1.54, 1.807) is 18.2 Å². The molecule has 1 unspecified atom stereocenters. The summed E-state index contributed by atoms with van der Waals surface area (Å²) in [5.74, 6) is 0. The minimum Gasteiger partial charge on any atom is -0.217 e. The molecule has 0 saturated heterocycles. The van der Waals surface area contributed by atoms with Gasteiger partial charge in [-0.15, -0.1) is 0 Å². The molecule has 0 saturated carbocycles. The number of rotatable bonds is 3. The van der Waals surface area contributed by atoms with E-state index in [-0.39, 0.29) is 0 Å². The van der Waals surface area contributed by atoms with Crippen molar-refractivity contribution in [2.75, 3.05) is 0 Å². The fraction of sp³-hybridized carbons (Fsp3) is 0.125. The topological polar surface area (TPSA) is 29.4 Å². The first-order chi connectivity index (χ1) is 6.63. The Morgan fingerprint density at radius 1 is 1.64 bits per heavy atom. The number of halogens is 3. The van der Waals surface area contributed by atoms with Crippen LogP contribution in [0.1, 0.15) is 0 Å². The Labute approximate surface area is 97.7 Å². The molecule has 14 heavy (non-hydrogen) atoms. The van der Waals surface area contributed by atoms with Gasteiger partial charge < -0.3 is 0 Å². The Hall–Kier alpha value is -0.350. The Balaban J connectivity index is 2.95. The van der Waals surface area contributed by atoms with Gasteiger partial charge in [0.05, 0.1) is 5.69 Å². The fourth-order valence-electron chi connectivity index (χ4n) is 0.804. The maximum atomic E-state index is 12.4. The van der Waals surface area contributed by atoms with Gasteiger partial charge in [0.25, 0.3) is 0 Å². The minimum absolute atomic E-state index is 0.459. The molecule has 6 heteroatoms. The van der Waals surface area contributed by atoms with Crippen molar-refractivity contribution in [1.82, 2.24) is 0 Å². The van der Waals surface area contributed by atoms with Gasteiger partial charge in [0.1, 0.15) is 0 Å². The molecule has 0 aliphatic heterocycles. The van der Waals surface area contributed by atoms with Crippen molar-refractivity contribution >= 4 is 51.1 Å². The molecule has 0 spiro atoms. The van der Waals surface area contributed by atoms with E-state index in [2.05, 4.69) is 20.9 Å². The van der Waals surface area contributed by atoms with Gasteiger partial charge >= 0.3 is 0 Å². The Morgan fingerprint density at radius 2 is 2.36 bits per heavy atom. The van der Waals surface area contributed by atoms with Crippen LogP contribution in [0.3, 0.4) is 0 Å². The van der Waals surface area contributed by atoms with Gasteiger partial charge in [-0.2, -0.15) is 4.99 Å². The lowest BCUT2D eigenvalue weighted by molar-refractivity contribution is 0.560. The molecule has 0 fully saturated rings. The molecule has 1 aromatic carbocycles. The second kappa shape index (κ2) is 5.51. The molecule has 0 radical (unpaired) electrons. The third-order valence-electron chi connectivity index (χ3n) is 1.31. The van der Waals surface area contributed by atoms with E-state index < -0.39 is 4.96 Å². The van der Waals surface area contributed by atoms with Gasteiger partial charge in [0, 0.05) is 9.37 Å². The lowest BCUT2D eigenvalue weighted by atomic mass is 10.3. The summed E-state index contributed by atoms with van der Waals surface area (Å²) in [5.41, 5.74) is 0.459. The number of isocyanates is 1. The molecule has 74 valence electrons. The number of alkyl halides is 2. The van der Waals surface area contributed by atoms with Crippen molar-refractivity contribution in [2.45, 2.75) is 9.86 Å². The largest absolute Gasteiger partial charge is 0.240 e. The highest BCUT2D eigenvalue weighted by Crippen LogP contribution is 2.34. The molecular weight excluding hydrogens is 293 g/mol. The molecular formula is C8H4BrClFNOS. The average molecular weight is 297 g/mol. The van der Waals surface area contributed by atoms with E-state index in [1.165, 1.54) is 6.08 Å². The van der Waals surface area contributed by atoms with Gasteiger partial charge in [-0.1, -0.05) is 23.4 Å². The van der Waals surface area contributed by atoms with Crippen LogP contribution < -0.4 is 0 Å². The molecule has 1 aromatic rings. The zero-order valence-electron chi connectivity index (χ0n) is 6.71. The zero-order chi connectivity index (χ0) is 10.6. The van der Waals surface area contributed by atoms with E-state index in [4.69, 9.17) is 11.6 Å². The summed E-state index contributed by atoms with van der Waals surface area (Å²) in [4.78, 5) is 12.5. The summed E-state index contributed by atoms with van der Waals surface area (Å²) < 4.78 is 13.1. The summed E-state index contributed by atoms with van der Waals surface area (Å²) in [6, 6.07) is 4.80. The highest BCUT2D eigenvalue weighted by atomic mass is 79.9. The number of carbonyl (C=O) groups excluding carboxylic acids is 1. The summed E-state index contributed by atoms with van der Waals surface area (Å²) in [7, 11) is 0. The van der Waals surface area contributed by atoms with E-state index in [9.17, 15) is 9.18 Å². The first-order valence-corrected chi connectivity index (χ1v) is 5.56. The van der Waals surface area contributed by atoms with Crippen molar-refractivity contribution in [2.24, 2.45) is 4.99 Å². The molecule has 1 atom stereocenters. The Morgan fingerprint density at radius 3 is 2.86 bits per heavy atom. The quantitative estimate of drug-likeness (QED) is 0.365. The molecule has 0 aromatic heterocycles. The van der Waals surface area contributed by atoms with E-state index in [0.717, 1.165) is 11.8 Å². The first kappa shape index (κ1) is 11.7. The SMILES string of the molecule is O=C=Nc1ccc(SC(F)Cl)c(Br)c1. The summed E-state index contributed by atoms with van der Waals surface area (Å²) >= 11 is 9.25. The number of hydrogen-bond donors (Lipinski definition) is 0. The second-order valence-electron chi connectivity index (χ2n) is 2.20. The molecule has 1 rings (SSSR count). The predicted molar refractivity (Wildman–Crippen MR) is 58.5 cm³/mol. The van der Waals surface area contributed by atoms with Gasteiger partial charge in [-0.05, 0) is 34.1 Å². The van der Waals surface area contributed by atoms with E-state index >= 15 is 0 Å². The van der Waals surface area contributed by atoms with Crippen molar-refractivity contribution in [3.63, 3.8) is 0 Å². The zero-order valence-corrected chi connectivity index (χ0v) is 9.87. The van der Waals surface area contributed by atoms with Crippen molar-refractivity contribution in [3.05, 3.63) is 22.7 Å². The van der Waals surface area contributed by atoms with Gasteiger partial charge in [0.15, 0.2) is 0 Å². The van der Waals surface area contributed by atoms with E-state index in [1.807, 2.05) is 0 Å². The molecule has 2 nitrogen and oxygen atoms in total. The number of thioether (sulfide) groups is 1. The average Bonchev–Trinajstić information content (AvgIpc) is 2.10. The van der Waals surface area contributed by atoms with Crippen LogP contribution in [0.4, 0.5) is 10.1 Å². The molecule has 0 aliphatic rings. The lowest BCUT2D eigenvalue weighted by Gasteiger charge is -2.03.